The first-order chi connectivity index (χ1) is 5.54. The number of benzene rings is 1. The van der Waals surface area contributed by atoms with Crippen molar-refractivity contribution in [2.24, 2.45) is 0 Å². The number of anilines is 1. The van der Waals surface area contributed by atoms with E-state index in [9.17, 15) is 0 Å². The highest BCUT2D eigenvalue weighted by Gasteiger charge is 1.84. The van der Waals surface area contributed by atoms with Gasteiger partial charge in [-0.05, 0) is 39.7 Å². The quantitative estimate of drug-likeness (QED) is 0.595. The Kier molecular flexibility index (Phi) is 5.13. The summed E-state index contributed by atoms with van der Waals surface area (Å²) in [7, 11) is 6.00. The normalized spacial score (nSPS) is 9.08. The third kappa shape index (κ3) is 5.74. The van der Waals surface area contributed by atoms with Crippen molar-refractivity contribution in [2.45, 2.75) is 6.92 Å². The molecule has 0 aliphatic carbocycles. The van der Waals surface area contributed by atoms with Crippen molar-refractivity contribution in [3.8, 4) is 0 Å². The zero-order chi connectivity index (χ0) is 9.56. The van der Waals surface area contributed by atoms with Crippen LogP contribution in [0, 0.1) is 6.92 Å². The molecule has 2 N–H and O–H groups in total. The van der Waals surface area contributed by atoms with Crippen LogP contribution in [-0.2, 0) is 0 Å². The number of hydrogen-bond acceptors (Lipinski definition) is 2. The third-order valence-electron chi connectivity index (χ3n) is 1.19. The Bertz CT molecular complexity index is 195. The monoisotopic (exact) mass is 166 g/mol. The molecule has 0 amide bonds. The molecule has 0 aliphatic rings. The first-order valence-corrected chi connectivity index (χ1v) is 3.96. The lowest BCUT2D eigenvalue weighted by Crippen LogP contribution is -1.99. The number of nitrogens with zero attached hydrogens (tertiary/aromatic N) is 1. The van der Waals surface area contributed by atoms with Gasteiger partial charge in [0.05, 0.1) is 0 Å². The second-order valence-electron chi connectivity index (χ2n) is 3.20. The van der Waals surface area contributed by atoms with E-state index in [-0.39, 0.29) is 0 Å². The van der Waals surface area contributed by atoms with Gasteiger partial charge in [0.1, 0.15) is 0 Å². The van der Waals surface area contributed by atoms with E-state index in [0.29, 0.717) is 0 Å². The van der Waals surface area contributed by atoms with Gasteiger partial charge in [-0.15, -0.1) is 0 Å². The molecule has 2 nitrogen and oxygen atoms in total. The fourth-order valence-corrected chi connectivity index (χ4v) is 0.587. The van der Waals surface area contributed by atoms with Gasteiger partial charge in [-0.25, -0.2) is 0 Å². The highest BCUT2D eigenvalue weighted by atomic mass is 15.0. The Balaban J connectivity index is 0.000000261. The molecule has 0 bridgehead atoms. The number of hydrogen-bond donors (Lipinski definition) is 1. The van der Waals surface area contributed by atoms with E-state index >= 15 is 0 Å². The molecule has 0 fully saturated rings. The van der Waals surface area contributed by atoms with Crippen LogP contribution < -0.4 is 5.73 Å². The minimum atomic E-state index is 0.868. The fraction of sp³-hybridized carbons (Fsp3) is 0.400. The largest absolute Gasteiger partial charge is 0.399 e. The maximum atomic E-state index is 5.52. The minimum absolute atomic E-state index is 0.868. The summed E-state index contributed by atoms with van der Waals surface area (Å²) in [5.41, 5.74) is 7.53. The number of rotatable bonds is 0. The second-order valence-corrected chi connectivity index (χ2v) is 3.20. The fourth-order valence-electron chi connectivity index (χ4n) is 0.587. The predicted octanol–water partition coefficient (Wildman–Crippen LogP) is 1.76. The molecule has 0 atom stereocenters. The van der Waals surface area contributed by atoms with Crippen molar-refractivity contribution in [1.82, 2.24) is 4.90 Å². The number of nitrogens with two attached hydrogens (primary N) is 1. The van der Waals surface area contributed by atoms with Crippen molar-refractivity contribution in [2.75, 3.05) is 26.9 Å². The van der Waals surface area contributed by atoms with Gasteiger partial charge < -0.3 is 10.6 Å². The molecule has 1 aromatic rings. The molecule has 0 radical (unpaired) electrons. The van der Waals surface area contributed by atoms with Crippen LogP contribution in [0.15, 0.2) is 24.3 Å². The van der Waals surface area contributed by atoms with E-state index in [4.69, 9.17) is 5.73 Å². The zero-order valence-electron chi connectivity index (χ0n) is 8.33. The third-order valence-corrected chi connectivity index (χ3v) is 1.19. The van der Waals surface area contributed by atoms with Crippen LogP contribution in [0.2, 0.25) is 0 Å². The Hall–Kier alpha value is -1.02. The molecule has 0 aromatic heterocycles. The van der Waals surface area contributed by atoms with Crippen molar-refractivity contribution in [3.63, 3.8) is 0 Å². The van der Waals surface area contributed by atoms with Gasteiger partial charge in [0.2, 0.25) is 0 Å². The molecule has 1 aromatic carbocycles. The lowest BCUT2D eigenvalue weighted by Gasteiger charge is -1.93. The summed E-state index contributed by atoms with van der Waals surface area (Å²) in [4.78, 5) is 2.00. The van der Waals surface area contributed by atoms with E-state index in [1.54, 1.807) is 0 Å². The summed E-state index contributed by atoms with van der Waals surface area (Å²) in [5, 5.41) is 0. The second kappa shape index (κ2) is 5.61. The number of nitrogen functional groups attached to an aromatic ring is 1. The Labute approximate surface area is 75.0 Å². The van der Waals surface area contributed by atoms with Crippen molar-refractivity contribution < 1.29 is 0 Å². The maximum absolute atomic E-state index is 5.52. The van der Waals surface area contributed by atoms with Crippen molar-refractivity contribution >= 4 is 5.69 Å². The first kappa shape index (κ1) is 11.0. The molecule has 0 saturated heterocycles. The van der Waals surface area contributed by atoms with E-state index in [1.807, 2.05) is 57.2 Å². The van der Waals surface area contributed by atoms with Crippen LogP contribution in [-0.4, -0.2) is 26.0 Å². The van der Waals surface area contributed by atoms with E-state index in [1.165, 1.54) is 0 Å². The topological polar surface area (TPSA) is 29.3 Å². The molecule has 12 heavy (non-hydrogen) atoms. The lowest BCUT2D eigenvalue weighted by molar-refractivity contribution is 0.505. The molecule has 0 unspecified atom stereocenters. The van der Waals surface area contributed by atoms with Gasteiger partial charge in [0, 0.05) is 5.69 Å². The SMILES string of the molecule is CN(C)C.Cc1ccccc1N. The standard InChI is InChI=1S/C7H9N.C3H9N/c1-6-4-2-3-5-7(6)8;1-4(2)3/h2-5H,8H2,1H3;1-3H3. The van der Waals surface area contributed by atoms with E-state index < -0.39 is 0 Å². The predicted molar refractivity (Wildman–Crippen MR) is 55.2 cm³/mol. The van der Waals surface area contributed by atoms with Crippen LogP contribution in [0.1, 0.15) is 5.56 Å². The maximum Gasteiger partial charge on any atom is 0.0343 e. The first-order valence-electron chi connectivity index (χ1n) is 3.96. The van der Waals surface area contributed by atoms with Crippen LogP contribution in [0.25, 0.3) is 0 Å². The summed E-state index contributed by atoms with van der Waals surface area (Å²) in [5.74, 6) is 0. The number of aryl methyl sites for hydroxylation is 1. The van der Waals surface area contributed by atoms with Gasteiger partial charge in [-0.2, -0.15) is 0 Å². The molecule has 0 spiro atoms. The highest BCUT2D eigenvalue weighted by molar-refractivity contribution is 5.44. The average Bonchev–Trinajstić information content (AvgIpc) is 1.94. The van der Waals surface area contributed by atoms with Crippen LogP contribution in [0.4, 0.5) is 5.69 Å². The number of para-hydroxylation sites is 1. The van der Waals surface area contributed by atoms with Crippen LogP contribution in [0.3, 0.4) is 0 Å². The molecular formula is C10H18N2. The van der Waals surface area contributed by atoms with Crippen molar-refractivity contribution in [1.29, 1.82) is 0 Å². The Morgan fingerprint density at radius 2 is 1.50 bits per heavy atom. The minimum Gasteiger partial charge on any atom is -0.399 e. The summed E-state index contributed by atoms with van der Waals surface area (Å²) in [6.45, 7) is 2.00. The van der Waals surface area contributed by atoms with Crippen LogP contribution >= 0.6 is 0 Å². The average molecular weight is 166 g/mol. The Morgan fingerprint density at radius 1 is 1.08 bits per heavy atom. The molecule has 0 aliphatic heterocycles. The summed E-state index contributed by atoms with van der Waals surface area (Å²) in [6, 6.07) is 7.80. The van der Waals surface area contributed by atoms with Crippen LogP contribution in [0.5, 0.6) is 0 Å². The zero-order valence-corrected chi connectivity index (χ0v) is 8.33. The molecule has 1 rings (SSSR count). The molecular weight excluding hydrogens is 148 g/mol. The summed E-state index contributed by atoms with van der Waals surface area (Å²) in [6.07, 6.45) is 0. The van der Waals surface area contributed by atoms with E-state index in [0.717, 1.165) is 11.3 Å². The highest BCUT2D eigenvalue weighted by Crippen LogP contribution is 2.06. The van der Waals surface area contributed by atoms with Gasteiger partial charge in [-0.1, -0.05) is 18.2 Å². The summed E-state index contributed by atoms with van der Waals surface area (Å²) < 4.78 is 0. The smallest absolute Gasteiger partial charge is 0.0343 e. The molecule has 0 heterocycles. The molecule has 2 heteroatoms. The van der Waals surface area contributed by atoms with E-state index in [2.05, 4.69) is 0 Å². The Morgan fingerprint density at radius 3 is 1.75 bits per heavy atom. The van der Waals surface area contributed by atoms with Gasteiger partial charge >= 0.3 is 0 Å². The molecule has 68 valence electrons. The lowest BCUT2D eigenvalue weighted by atomic mass is 10.2. The van der Waals surface area contributed by atoms with Gasteiger partial charge in [0.25, 0.3) is 0 Å². The van der Waals surface area contributed by atoms with Crippen molar-refractivity contribution in [3.05, 3.63) is 29.8 Å². The van der Waals surface area contributed by atoms with Gasteiger partial charge in [-0.3, -0.25) is 0 Å². The molecule has 0 saturated carbocycles. The summed E-state index contributed by atoms with van der Waals surface area (Å²) >= 11 is 0. The van der Waals surface area contributed by atoms with Gasteiger partial charge in [0.15, 0.2) is 0 Å².